The maximum absolute atomic E-state index is 12.1. The summed E-state index contributed by atoms with van der Waals surface area (Å²) in [7, 11) is 0. The van der Waals surface area contributed by atoms with Gasteiger partial charge in [-0.25, -0.2) is 0 Å². The van der Waals surface area contributed by atoms with Crippen LogP contribution in [-0.4, -0.2) is 36.7 Å². The molecule has 20 heavy (non-hydrogen) atoms. The molecule has 1 aromatic carbocycles. The lowest BCUT2D eigenvalue weighted by molar-refractivity contribution is -0.141. The van der Waals surface area contributed by atoms with E-state index in [0.29, 0.717) is 30.9 Å². The lowest BCUT2D eigenvalue weighted by atomic mass is 10.1. The van der Waals surface area contributed by atoms with Gasteiger partial charge in [0.05, 0.1) is 17.2 Å². The van der Waals surface area contributed by atoms with Gasteiger partial charge < -0.3 is 20.5 Å². The third kappa shape index (κ3) is 3.01. The molecule has 0 saturated heterocycles. The molecule has 2 rings (SSSR count). The molecule has 0 aromatic heterocycles. The number of amides is 1. The second-order valence-electron chi connectivity index (χ2n) is 4.61. The molecule has 108 valence electrons. The first-order chi connectivity index (χ1) is 9.63. The predicted molar refractivity (Wildman–Crippen MR) is 74.2 cm³/mol. The molecule has 6 nitrogen and oxygen atoms in total. The highest BCUT2D eigenvalue weighted by atomic mass is 16.5. The molecule has 0 aliphatic carbocycles. The van der Waals surface area contributed by atoms with Crippen LogP contribution in [0.2, 0.25) is 0 Å². The van der Waals surface area contributed by atoms with Gasteiger partial charge >= 0.3 is 5.97 Å². The second-order valence-corrected chi connectivity index (χ2v) is 4.61. The van der Waals surface area contributed by atoms with Gasteiger partial charge in [-0.1, -0.05) is 13.0 Å². The van der Waals surface area contributed by atoms with Crippen LogP contribution < -0.4 is 15.4 Å². The SMILES string of the molecule is CCC(CNC(=O)c1cccc2c1OCCN2)C(=O)O. The summed E-state index contributed by atoms with van der Waals surface area (Å²) in [6.45, 7) is 3.10. The van der Waals surface area contributed by atoms with Crippen molar-refractivity contribution in [1.82, 2.24) is 5.32 Å². The Morgan fingerprint density at radius 2 is 2.30 bits per heavy atom. The van der Waals surface area contributed by atoms with Crippen molar-refractivity contribution < 1.29 is 19.4 Å². The third-order valence-corrected chi connectivity index (χ3v) is 3.27. The number of fused-ring (bicyclic) bond motifs is 1. The average molecular weight is 278 g/mol. The number of carboxylic acids is 1. The summed E-state index contributed by atoms with van der Waals surface area (Å²) in [6.07, 6.45) is 0.473. The van der Waals surface area contributed by atoms with Crippen molar-refractivity contribution in [3.63, 3.8) is 0 Å². The van der Waals surface area contributed by atoms with Crippen LogP contribution in [0.3, 0.4) is 0 Å². The van der Waals surface area contributed by atoms with E-state index in [1.807, 2.05) is 6.07 Å². The molecule has 1 amide bonds. The van der Waals surface area contributed by atoms with Crippen molar-refractivity contribution in [3.8, 4) is 5.75 Å². The van der Waals surface area contributed by atoms with Gasteiger partial charge in [0.15, 0.2) is 5.75 Å². The van der Waals surface area contributed by atoms with Crippen molar-refractivity contribution in [2.75, 3.05) is 25.0 Å². The standard InChI is InChI=1S/C14H18N2O4/c1-2-9(14(18)19)8-16-13(17)10-4-3-5-11-12(10)20-7-6-15-11/h3-5,9,15H,2,6-8H2,1H3,(H,16,17)(H,18,19). The molecule has 0 bridgehead atoms. The zero-order valence-corrected chi connectivity index (χ0v) is 11.3. The van der Waals surface area contributed by atoms with Crippen LogP contribution in [0.15, 0.2) is 18.2 Å². The molecule has 0 saturated carbocycles. The topological polar surface area (TPSA) is 87.7 Å². The largest absolute Gasteiger partial charge is 0.489 e. The Labute approximate surface area is 117 Å². The van der Waals surface area contributed by atoms with Gasteiger partial charge in [-0.05, 0) is 18.6 Å². The number of nitrogens with one attached hydrogen (secondary N) is 2. The first-order valence-electron chi connectivity index (χ1n) is 6.64. The zero-order valence-electron chi connectivity index (χ0n) is 11.3. The number of ether oxygens (including phenoxy) is 1. The van der Waals surface area contributed by atoms with Gasteiger partial charge in [0.25, 0.3) is 5.91 Å². The minimum Gasteiger partial charge on any atom is -0.489 e. The molecule has 1 aliphatic heterocycles. The lowest BCUT2D eigenvalue weighted by Crippen LogP contribution is -2.33. The summed E-state index contributed by atoms with van der Waals surface area (Å²) in [5.74, 6) is -1.26. The van der Waals surface area contributed by atoms with Gasteiger partial charge in [0.1, 0.15) is 6.61 Å². The van der Waals surface area contributed by atoms with E-state index in [1.54, 1.807) is 19.1 Å². The lowest BCUT2D eigenvalue weighted by Gasteiger charge is -2.21. The molecule has 1 aromatic rings. The normalized spacial score (nSPS) is 14.4. The number of carboxylic acid groups (broad SMARTS) is 1. The van der Waals surface area contributed by atoms with Gasteiger partial charge in [0, 0.05) is 13.1 Å². The molecule has 1 aliphatic rings. The fourth-order valence-electron chi connectivity index (χ4n) is 2.07. The van der Waals surface area contributed by atoms with E-state index in [-0.39, 0.29) is 12.5 Å². The Kier molecular flexibility index (Phi) is 4.45. The summed E-state index contributed by atoms with van der Waals surface area (Å²) in [6, 6.07) is 5.28. The Balaban J connectivity index is 2.08. The molecule has 1 atom stereocenters. The van der Waals surface area contributed by atoms with Crippen molar-refractivity contribution in [2.24, 2.45) is 5.92 Å². The van der Waals surface area contributed by atoms with Crippen LogP contribution >= 0.6 is 0 Å². The second kappa shape index (κ2) is 6.27. The highest BCUT2D eigenvalue weighted by Gasteiger charge is 2.21. The number of benzene rings is 1. The number of rotatable bonds is 5. The number of hydrogen-bond acceptors (Lipinski definition) is 4. The summed E-state index contributed by atoms with van der Waals surface area (Å²) < 4.78 is 5.52. The molecule has 6 heteroatoms. The highest BCUT2D eigenvalue weighted by molar-refractivity contribution is 5.99. The Bertz CT molecular complexity index is 516. The quantitative estimate of drug-likeness (QED) is 0.756. The molecule has 0 fully saturated rings. The minimum atomic E-state index is -0.902. The van der Waals surface area contributed by atoms with Crippen LogP contribution in [0.25, 0.3) is 0 Å². The van der Waals surface area contributed by atoms with Gasteiger partial charge in [-0.2, -0.15) is 0 Å². The highest BCUT2D eigenvalue weighted by Crippen LogP contribution is 2.31. The first-order valence-corrected chi connectivity index (χ1v) is 6.64. The fraction of sp³-hybridized carbons (Fsp3) is 0.429. The van der Waals surface area contributed by atoms with Gasteiger partial charge in [0.2, 0.25) is 0 Å². The molecular weight excluding hydrogens is 260 g/mol. The van der Waals surface area contributed by atoms with E-state index in [2.05, 4.69) is 10.6 Å². The van der Waals surface area contributed by atoms with Crippen LogP contribution in [0.4, 0.5) is 5.69 Å². The maximum atomic E-state index is 12.1. The van der Waals surface area contributed by atoms with E-state index in [1.165, 1.54) is 0 Å². The average Bonchev–Trinajstić information content (AvgIpc) is 2.46. The Morgan fingerprint density at radius 3 is 3.00 bits per heavy atom. The Hall–Kier alpha value is -2.24. The van der Waals surface area contributed by atoms with E-state index >= 15 is 0 Å². The summed E-state index contributed by atoms with van der Waals surface area (Å²) in [5.41, 5.74) is 1.21. The smallest absolute Gasteiger partial charge is 0.308 e. The number of carbonyl (C=O) groups is 2. The molecule has 1 heterocycles. The number of anilines is 1. The van der Waals surface area contributed by atoms with Gasteiger partial charge in [-0.3, -0.25) is 9.59 Å². The van der Waals surface area contributed by atoms with E-state index in [0.717, 1.165) is 5.69 Å². The predicted octanol–water partition coefficient (Wildman–Crippen LogP) is 1.33. The third-order valence-electron chi connectivity index (χ3n) is 3.27. The van der Waals surface area contributed by atoms with E-state index in [9.17, 15) is 9.59 Å². The number of carbonyl (C=O) groups excluding carboxylic acids is 1. The summed E-state index contributed by atoms with van der Waals surface area (Å²) in [5, 5.41) is 14.8. The van der Waals surface area contributed by atoms with Crippen LogP contribution in [-0.2, 0) is 4.79 Å². The van der Waals surface area contributed by atoms with Crippen molar-refractivity contribution in [3.05, 3.63) is 23.8 Å². The number of aliphatic carboxylic acids is 1. The van der Waals surface area contributed by atoms with Gasteiger partial charge in [-0.15, -0.1) is 0 Å². The fourth-order valence-corrected chi connectivity index (χ4v) is 2.07. The van der Waals surface area contributed by atoms with E-state index < -0.39 is 11.9 Å². The van der Waals surface area contributed by atoms with Crippen molar-refractivity contribution >= 4 is 17.6 Å². The molecular formula is C14H18N2O4. The molecule has 1 unspecified atom stereocenters. The van der Waals surface area contributed by atoms with Crippen molar-refractivity contribution in [2.45, 2.75) is 13.3 Å². The number of hydrogen-bond donors (Lipinski definition) is 3. The zero-order chi connectivity index (χ0) is 14.5. The summed E-state index contributed by atoms with van der Waals surface area (Å²) >= 11 is 0. The summed E-state index contributed by atoms with van der Waals surface area (Å²) in [4.78, 5) is 23.1. The Morgan fingerprint density at radius 1 is 1.50 bits per heavy atom. The monoisotopic (exact) mass is 278 g/mol. The molecule has 0 spiro atoms. The van der Waals surface area contributed by atoms with Crippen LogP contribution in [0, 0.1) is 5.92 Å². The number of para-hydroxylation sites is 1. The minimum absolute atomic E-state index is 0.113. The van der Waals surface area contributed by atoms with Crippen LogP contribution in [0.5, 0.6) is 5.75 Å². The molecule has 3 N–H and O–H groups in total. The van der Waals surface area contributed by atoms with E-state index in [4.69, 9.17) is 9.84 Å². The molecule has 0 radical (unpaired) electrons. The van der Waals surface area contributed by atoms with Crippen LogP contribution in [0.1, 0.15) is 23.7 Å². The van der Waals surface area contributed by atoms with Crippen molar-refractivity contribution in [1.29, 1.82) is 0 Å². The first kappa shape index (κ1) is 14.2. The maximum Gasteiger partial charge on any atom is 0.308 e.